The quantitative estimate of drug-likeness (QED) is 0.801. The third kappa shape index (κ3) is 1.96. The fourth-order valence-electron chi connectivity index (χ4n) is 2.41. The molecule has 1 atom stereocenters. The molecular weight excluding hydrogens is 262 g/mol. The summed E-state index contributed by atoms with van der Waals surface area (Å²) in [4.78, 5) is 17.1. The summed E-state index contributed by atoms with van der Waals surface area (Å²) in [5.41, 5.74) is 8.71. The summed E-state index contributed by atoms with van der Waals surface area (Å²) in [6.45, 7) is 12.6. The first-order chi connectivity index (χ1) is 8.88. The molecule has 0 saturated carbocycles. The number of halogens is 1. The number of hydrogen-bond donors (Lipinski definition) is 1. The molecule has 0 bridgehead atoms. The van der Waals surface area contributed by atoms with Crippen LogP contribution in [0.4, 0.5) is 5.69 Å². The van der Waals surface area contributed by atoms with Crippen LogP contribution in [0.15, 0.2) is 23.7 Å². The van der Waals surface area contributed by atoms with E-state index < -0.39 is 5.92 Å². The van der Waals surface area contributed by atoms with Crippen LogP contribution in [0, 0.1) is 26.3 Å². The van der Waals surface area contributed by atoms with Gasteiger partial charge in [-0.25, -0.2) is 4.85 Å². The van der Waals surface area contributed by atoms with Gasteiger partial charge in [-0.15, -0.1) is 0 Å². The summed E-state index contributed by atoms with van der Waals surface area (Å²) in [7, 11) is 0. The predicted octanol–water partition coefficient (Wildman–Crippen LogP) is 2.99. The topological polar surface area (TPSA) is 50.7 Å². The monoisotopic (exact) mass is 275 g/mol. The van der Waals surface area contributed by atoms with E-state index in [0.717, 1.165) is 16.8 Å². The van der Waals surface area contributed by atoms with Crippen LogP contribution >= 0.6 is 11.6 Å². The number of hydrogen-bond acceptors (Lipinski definition) is 2. The van der Waals surface area contributed by atoms with Gasteiger partial charge in [-0.1, -0.05) is 18.5 Å². The Labute approximate surface area is 117 Å². The lowest BCUT2D eigenvalue weighted by atomic mass is 10.1. The zero-order valence-corrected chi connectivity index (χ0v) is 11.7. The molecule has 1 heterocycles. The van der Waals surface area contributed by atoms with Gasteiger partial charge in [0, 0.05) is 5.02 Å². The number of rotatable bonds is 1. The van der Waals surface area contributed by atoms with Gasteiger partial charge in [0.05, 0.1) is 18.2 Å². The molecule has 0 aromatic heterocycles. The van der Waals surface area contributed by atoms with Crippen molar-refractivity contribution in [3.8, 4) is 0 Å². The molecule has 4 nitrogen and oxygen atoms in total. The van der Waals surface area contributed by atoms with E-state index in [1.807, 2.05) is 13.8 Å². The van der Waals surface area contributed by atoms with Crippen molar-refractivity contribution in [1.82, 2.24) is 0 Å². The van der Waals surface area contributed by atoms with Gasteiger partial charge >= 0.3 is 0 Å². The first-order valence-electron chi connectivity index (χ1n) is 5.86. The average molecular weight is 276 g/mol. The first-order valence-corrected chi connectivity index (χ1v) is 6.24. The van der Waals surface area contributed by atoms with Gasteiger partial charge in [0.25, 0.3) is 0 Å². The van der Waals surface area contributed by atoms with E-state index in [1.165, 1.54) is 4.90 Å². The van der Waals surface area contributed by atoms with Gasteiger partial charge in [0.1, 0.15) is 5.82 Å². The Hall–Kier alpha value is -1.99. The average Bonchev–Trinajstić information content (AvgIpc) is 2.52. The minimum Gasteiger partial charge on any atom is -0.394 e. The highest BCUT2D eigenvalue weighted by Gasteiger charge is 2.38. The van der Waals surface area contributed by atoms with Gasteiger partial charge in [0.2, 0.25) is 11.6 Å². The second-order valence-corrected chi connectivity index (χ2v) is 5.10. The van der Waals surface area contributed by atoms with Crippen LogP contribution in [0.3, 0.4) is 0 Å². The molecule has 1 aromatic carbocycles. The Morgan fingerprint density at radius 2 is 1.89 bits per heavy atom. The van der Waals surface area contributed by atoms with Crippen molar-refractivity contribution in [1.29, 1.82) is 0 Å². The summed E-state index contributed by atoms with van der Waals surface area (Å²) in [5, 5.41) is 0.617. The van der Waals surface area contributed by atoms with Crippen molar-refractivity contribution < 1.29 is 4.79 Å². The fourth-order valence-corrected chi connectivity index (χ4v) is 2.73. The van der Waals surface area contributed by atoms with Crippen LogP contribution in [-0.4, -0.2) is 5.91 Å². The van der Waals surface area contributed by atoms with Crippen LogP contribution in [0.2, 0.25) is 5.02 Å². The lowest BCUT2D eigenvalue weighted by Crippen LogP contribution is -2.32. The number of anilines is 1. The van der Waals surface area contributed by atoms with Gasteiger partial charge in [-0.05, 0) is 37.1 Å². The van der Waals surface area contributed by atoms with Crippen LogP contribution in [0.5, 0.6) is 0 Å². The molecular formula is C14H14ClN3O. The minimum atomic E-state index is -0.494. The van der Waals surface area contributed by atoms with E-state index in [4.69, 9.17) is 23.9 Å². The standard InChI is InChI=1S/C14H14ClN3O/c1-7-5-10(15)6-8(2)12(7)18-13(16)11(17-4)9(3)14(18)19/h5-6,9H,16H2,1-3H3. The Morgan fingerprint density at radius 1 is 1.37 bits per heavy atom. The van der Waals surface area contributed by atoms with Crippen molar-refractivity contribution in [2.45, 2.75) is 20.8 Å². The SMILES string of the molecule is [C-]#[N+]C1=C(N)N(c2c(C)cc(Cl)cc2C)C(=O)C1C. The number of carbonyl (C=O) groups is 1. The largest absolute Gasteiger partial charge is 0.394 e. The summed E-state index contributed by atoms with van der Waals surface area (Å²) < 4.78 is 0. The second-order valence-electron chi connectivity index (χ2n) is 4.67. The number of benzene rings is 1. The van der Waals surface area contributed by atoms with E-state index in [1.54, 1.807) is 19.1 Å². The molecule has 0 radical (unpaired) electrons. The van der Waals surface area contributed by atoms with Crippen molar-refractivity contribution >= 4 is 23.2 Å². The number of nitrogens with two attached hydrogens (primary N) is 1. The third-order valence-corrected chi connectivity index (χ3v) is 3.52. The van der Waals surface area contributed by atoms with Gasteiger partial charge < -0.3 is 5.73 Å². The van der Waals surface area contributed by atoms with Crippen LogP contribution in [-0.2, 0) is 4.79 Å². The third-order valence-electron chi connectivity index (χ3n) is 3.30. The highest BCUT2D eigenvalue weighted by Crippen LogP contribution is 2.37. The van der Waals surface area contributed by atoms with Crippen molar-refractivity contribution in [3.05, 3.63) is 51.2 Å². The Balaban J connectivity index is 2.65. The number of aryl methyl sites for hydroxylation is 2. The summed E-state index contributed by atoms with van der Waals surface area (Å²) in [6.07, 6.45) is 0. The lowest BCUT2D eigenvalue weighted by molar-refractivity contribution is -0.119. The minimum absolute atomic E-state index is 0.169. The number of carbonyl (C=O) groups excluding carboxylic acids is 1. The van der Waals surface area contributed by atoms with E-state index >= 15 is 0 Å². The molecule has 0 spiro atoms. The Bertz CT molecular complexity index is 620. The number of amides is 1. The molecule has 0 saturated heterocycles. The van der Waals surface area contributed by atoms with E-state index in [9.17, 15) is 4.79 Å². The van der Waals surface area contributed by atoms with Gasteiger partial charge in [-0.3, -0.25) is 9.69 Å². The zero-order valence-electron chi connectivity index (χ0n) is 11.0. The molecule has 1 amide bonds. The number of nitrogens with zero attached hydrogens (tertiary/aromatic N) is 2. The summed E-state index contributed by atoms with van der Waals surface area (Å²) in [6, 6.07) is 3.57. The molecule has 0 fully saturated rings. The maximum atomic E-state index is 12.3. The van der Waals surface area contributed by atoms with Gasteiger partial charge in [0.15, 0.2) is 0 Å². The molecule has 1 unspecified atom stereocenters. The van der Waals surface area contributed by atoms with Crippen LogP contribution in [0.1, 0.15) is 18.1 Å². The Morgan fingerprint density at radius 3 is 2.32 bits per heavy atom. The molecule has 98 valence electrons. The maximum absolute atomic E-state index is 12.3. The summed E-state index contributed by atoms with van der Waals surface area (Å²) >= 11 is 5.99. The molecule has 1 aliphatic heterocycles. The van der Waals surface area contributed by atoms with Crippen LogP contribution in [0.25, 0.3) is 4.85 Å². The molecule has 5 heteroatoms. The van der Waals surface area contributed by atoms with Gasteiger partial charge in [-0.2, -0.15) is 0 Å². The predicted molar refractivity (Wildman–Crippen MR) is 75.4 cm³/mol. The molecule has 1 aromatic rings. The first kappa shape index (κ1) is 13.4. The van der Waals surface area contributed by atoms with E-state index in [2.05, 4.69) is 4.85 Å². The molecule has 0 aliphatic carbocycles. The fraction of sp³-hybridized carbons (Fsp3) is 0.286. The van der Waals surface area contributed by atoms with Crippen molar-refractivity contribution in [2.24, 2.45) is 11.7 Å². The lowest BCUT2D eigenvalue weighted by Gasteiger charge is -2.23. The molecule has 2 rings (SSSR count). The van der Waals surface area contributed by atoms with Crippen molar-refractivity contribution in [2.75, 3.05) is 4.90 Å². The summed E-state index contributed by atoms with van der Waals surface area (Å²) in [5.74, 6) is -0.440. The second kappa shape index (κ2) is 4.60. The molecule has 1 aliphatic rings. The molecule has 19 heavy (non-hydrogen) atoms. The van der Waals surface area contributed by atoms with E-state index in [-0.39, 0.29) is 11.7 Å². The normalized spacial score (nSPS) is 19.0. The van der Waals surface area contributed by atoms with Crippen molar-refractivity contribution in [3.63, 3.8) is 0 Å². The highest BCUT2D eigenvalue weighted by atomic mass is 35.5. The van der Waals surface area contributed by atoms with Crippen LogP contribution < -0.4 is 10.6 Å². The molecule has 2 N–H and O–H groups in total. The Kier molecular flexibility index (Phi) is 3.25. The maximum Gasteiger partial charge on any atom is 0.229 e. The smallest absolute Gasteiger partial charge is 0.229 e. The zero-order chi connectivity index (χ0) is 14.3. The highest BCUT2D eigenvalue weighted by molar-refractivity contribution is 6.30. The van der Waals surface area contributed by atoms with E-state index in [0.29, 0.717) is 10.7 Å².